The number of benzene rings is 2. The van der Waals surface area contributed by atoms with Crippen molar-refractivity contribution in [1.82, 2.24) is 10.3 Å². The summed E-state index contributed by atoms with van der Waals surface area (Å²) in [6.07, 6.45) is 9.73. The fourth-order valence-corrected chi connectivity index (χ4v) is 5.19. The van der Waals surface area contributed by atoms with Crippen molar-refractivity contribution in [3.8, 4) is 0 Å². The summed E-state index contributed by atoms with van der Waals surface area (Å²) in [5.41, 5.74) is 7.05. The van der Waals surface area contributed by atoms with Gasteiger partial charge in [-0.2, -0.15) is 0 Å². The predicted octanol–water partition coefficient (Wildman–Crippen LogP) is 6.15. The lowest BCUT2D eigenvalue weighted by Crippen LogP contribution is -2.33. The average molecular weight is 391 g/mol. The number of hydrogen-bond acceptors (Lipinski definition) is 1. The van der Waals surface area contributed by atoms with E-state index in [0.29, 0.717) is 6.04 Å². The van der Waals surface area contributed by atoms with Gasteiger partial charge in [0.15, 0.2) is 0 Å². The number of aromatic nitrogens is 1. The van der Waals surface area contributed by atoms with Crippen molar-refractivity contribution in [2.75, 3.05) is 6.54 Å². The normalized spacial score (nSPS) is 22.1. The topological polar surface area (TPSA) is 27.8 Å². The molecule has 1 aromatic heterocycles. The van der Waals surface area contributed by atoms with Crippen molar-refractivity contribution in [2.45, 2.75) is 44.6 Å². The molecule has 1 aliphatic carbocycles. The molecule has 0 bridgehead atoms. The lowest BCUT2D eigenvalue weighted by Gasteiger charge is -2.28. The number of rotatable bonds is 4. The Kier molecular flexibility index (Phi) is 5.00. The van der Waals surface area contributed by atoms with Gasteiger partial charge in [-0.05, 0) is 73.3 Å². The summed E-state index contributed by atoms with van der Waals surface area (Å²) in [5.74, 6) is 0.787. The van der Waals surface area contributed by atoms with Crippen LogP contribution in [0.25, 0.3) is 16.5 Å². The number of nitrogens with one attached hydrogen (secondary N) is 2. The number of fused-ring (bicyclic) bond motifs is 3. The van der Waals surface area contributed by atoms with Gasteiger partial charge < -0.3 is 10.3 Å². The third-order valence-corrected chi connectivity index (χ3v) is 6.78. The number of aromatic amines is 1. The number of hydrogen-bond donors (Lipinski definition) is 2. The standard InChI is InChI=1S/C25H27ClN2/c26-20-8-10-22-23-14-17(7-11-24(23)28-25(22)16-20)6-9-21-15-19(12-13-27-21)18-4-2-1-3-5-18/h1-5,8,10,12,16-17,21,27-28H,6-7,9,11,13-15H2. The molecule has 3 heteroatoms. The summed E-state index contributed by atoms with van der Waals surface area (Å²) in [7, 11) is 0. The maximum atomic E-state index is 6.17. The van der Waals surface area contributed by atoms with Crippen LogP contribution < -0.4 is 5.32 Å². The van der Waals surface area contributed by atoms with Crippen LogP contribution in [0, 0.1) is 5.92 Å². The van der Waals surface area contributed by atoms with Crippen LogP contribution in [0.3, 0.4) is 0 Å². The second-order valence-electron chi connectivity index (χ2n) is 8.36. The van der Waals surface area contributed by atoms with Gasteiger partial charge in [0, 0.05) is 34.2 Å². The summed E-state index contributed by atoms with van der Waals surface area (Å²) in [4.78, 5) is 3.60. The van der Waals surface area contributed by atoms with E-state index in [2.05, 4.69) is 58.8 Å². The molecule has 2 N–H and O–H groups in total. The van der Waals surface area contributed by atoms with E-state index < -0.39 is 0 Å². The van der Waals surface area contributed by atoms with Gasteiger partial charge >= 0.3 is 0 Å². The molecule has 2 aliphatic rings. The second-order valence-corrected chi connectivity index (χ2v) is 8.80. The third-order valence-electron chi connectivity index (χ3n) is 6.54. The predicted molar refractivity (Wildman–Crippen MR) is 119 cm³/mol. The highest BCUT2D eigenvalue weighted by atomic mass is 35.5. The minimum Gasteiger partial charge on any atom is -0.358 e. The Balaban J connectivity index is 1.22. The SMILES string of the molecule is Clc1ccc2c3c([nH]c2c1)CCC(CCC1CC(c2ccccc2)=CCN1)C3. The fourth-order valence-electron chi connectivity index (χ4n) is 5.01. The van der Waals surface area contributed by atoms with Crippen molar-refractivity contribution < 1.29 is 0 Å². The second kappa shape index (κ2) is 7.77. The van der Waals surface area contributed by atoms with Crippen LogP contribution in [0.1, 0.15) is 42.5 Å². The van der Waals surface area contributed by atoms with E-state index in [1.54, 1.807) is 0 Å². The van der Waals surface area contributed by atoms with Gasteiger partial charge in [0.25, 0.3) is 0 Å². The summed E-state index contributed by atoms with van der Waals surface area (Å²) < 4.78 is 0. The first kappa shape index (κ1) is 18.0. The molecule has 0 amide bonds. The highest BCUT2D eigenvalue weighted by Crippen LogP contribution is 2.35. The van der Waals surface area contributed by atoms with E-state index >= 15 is 0 Å². The molecular weight excluding hydrogens is 364 g/mol. The van der Waals surface area contributed by atoms with E-state index in [-0.39, 0.29) is 0 Å². The van der Waals surface area contributed by atoms with Crippen molar-refractivity contribution in [1.29, 1.82) is 0 Å². The van der Waals surface area contributed by atoms with Gasteiger partial charge in [0.05, 0.1) is 0 Å². The van der Waals surface area contributed by atoms with E-state index in [1.165, 1.54) is 65.4 Å². The van der Waals surface area contributed by atoms with E-state index in [9.17, 15) is 0 Å². The van der Waals surface area contributed by atoms with Crippen LogP contribution in [-0.4, -0.2) is 17.6 Å². The highest BCUT2D eigenvalue weighted by Gasteiger charge is 2.24. The minimum absolute atomic E-state index is 0.600. The van der Waals surface area contributed by atoms with Crippen LogP contribution in [0.5, 0.6) is 0 Å². The Morgan fingerprint density at radius 2 is 1.89 bits per heavy atom. The summed E-state index contributed by atoms with van der Waals surface area (Å²) in [5, 5.41) is 5.89. The quantitative estimate of drug-likeness (QED) is 0.549. The number of H-pyrrole nitrogens is 1. The summed E-state index contributed by atoms with van der Waals surface area (Å²) in [6.45, 7) is 0.993. The average Bonchev–Trinajstić information content (AvgIpc) is 3.10. The van der Waals surface area contributed by atoms with Crippen molar-refractivity contribution in [3.05, 3.63) is 76.5 Å². The first-order valence-corrected chi connectivity index (χ1v) is 10.9. The highest BCUT2D eigenvalue weighted by molar-refractivity contribution is 6.31. The molecule has 2 atom stereocenters. The first-order chi connectivity index (χ1) is 13.8. The molecule has 2 heterocycles. The van der Waals surface area contributed by atoms with Crippen molar-refractivity contribution in [3.63, 3.8) is 0 Å². The van der Waals surface area contributed by atoms with E-state index in [0.717, 1.165) is 23.9 Å². The molecule has 1 aliphatic heterocycles. The Hall–Kier alpha value is -2.03. The molecule has 0 saturated carbocycles. The van der Waals surface area contributed by atoms with Gasteiger partial charge in [0.2, 0.25) is 0 Å². The number of aryl methyl sites for hydroxylation is 1. The zero-order valence-corrected chi connectivity index (χ0v) is 16.9. The van der Waals surface area contributed by atoms with Gasteiger partial charge in [0.1, 0.15) is 0 Å². The molecule has 0 saturated heterocycles. The molecule has 2 nitrogen and oxygen atoms in total. The van der Waals surface area contributed by atoms with Crippen molar-refractivity contribution in [2.24, 2.45) is 5.92 Å². The van der Waals surface area contributed by atoms with E-state index in [4.69, 9.17) is 11.6 Å². The van der Waals surface area contributed by atoms with Crippen LogP contribution in [0.4, 0.5) is 0 Å². The van der Waals surface area contributed by atoms with Gasteiger partial charge in [-0.25, -0.2) is 0 Å². The molecule has 2 aromatic carbocycles. The van der Waals surface area contributed by atoms with Gasteiger partial charge in [-0.15, -0.1) is 0 Å². The molecule has 2 unspecified atom stereocenters. The molecule has 144 valence electrons. The first-order valence-electron chi connectivity index (χ1n) is 10.5. The Morgan fingerprint density at radius 1 is 1.00 bits per heavy atom. The largest absolute Gasteiger partial charge is 0.358 e. The molecule has 0 radical (unpaired) electrons. The summed E-state index contributed by atoms with van der Waals surface area (Å²) >= 11 is 6.17. The smallest absolute Gasteiger partial charge is 0.0473 e. The maximum absolute atomic E-state index is 6.17. The Bertz CT molecular complexity index is 1000. The zero-order valence-electron chi connectivity index (χ0n) is 16.2. The van der Waals surface area contributed by atoms with Crippen LogP contribution in [-0.2, 0) is 12.8 Å². The van der Waals surface area contributed by atoms with Crippen LogP contribution >= 0.6 is 11.6 Å². The van der Waals surface area contributed by atoms with Gasteiger partial charge in [-0.3, -0.25) is 0 Å². The van der Waals surface area contributed by atoms with Crippen molar-refractivity contribution >= 4 is 28.1 Å². The van der Waals surface area contributed by atoms with Gasteiger partial charge in [-0.1, -0.05) is 54.1 Å². The summed E-state index contributed by atoms with van der Waals surface area (Å²) in [6, 6.07) is 17.7. The molecule has 5 rings (SSSR count). The lowest BCUT2D eigenvalue weighted by atomic mass is 9.82. The molecule has 0 fully saturated rings. The lowest BCUT2D eigenvalue weighted by molar-refractivity contribution is 0.374. The molecule has 28 heavy (non-hydrogen) atoms. The minimum atomic E-state index is 0.600. The zero-order chi connectivity index (χ0) is 18.9. The molecular formula is C25H27ClN2. The fraction of sp³-hybridized carbons (Fsp3) is 0.360. The Morgan fingerprint density at radius 3 is 2.79 bits per heavy atom. The van der Waals surface area contributed by atoms with E-state index in [1.807, 2.05) is 6.07 Å². The maximum Gasteiger partial charge on any atom is 0.0473 e. The monoisotopic (exact) mass is 390 g/mol. The molecule has 3 aromatic rings. The Labute approximate surface area is 172 Å². The number of halogens is 1. The van der Waals surface area contributed by atoms with Crippen LogP contribution in [0.2, 0.25) is 5.02 Å². The third kappa shape index (κ3) is 3.64. The van der Waals surface area contributed by atoms with Crippen LogP contribution in [0.15, 0.2) is 54.6 Å². The molecule has 0 spiro atoms.